The van der Waals surface area contributed by atoms with Crippen molar-refractivity contribution in [3.63, 3.8) is 0 Å². The molecule has 0 aromatic heterocycles. The predicted molar refractivity (Wildman–Crippen MR) is 52.9 cm³/mol. The standard InChI is InChI=1S/C10H12N2O/c1-12-5-4-9-6-8(7-11-13)2-3-10(9)12/h2-3,6H,4-5,7H2,1H3. The number of nitroso groups, excluding NO2 is 1. The average molecular weight is 176 g/mol. The largest absolute Gasteiger partial charge is 0.374 e. The lowest BCUT2D eigenvalue weighted by atomic mass is 10.1. The van der Waals surface area contributed by atoms with E-state index >= 15 is 0 Å². The van der Waals surface area contributed by atoms with Crippen molar-refractivity contribution in [3.8, 4) is 0 Å². The van der Waals surface area contributed by atoms with Crippen LogP contribution in [0, 0.1) is 4.91 Å². The van der Waals surface area contributed by atoms with Crippen LogP contribution >= 0.6 is 0 Å². The van der Waals surface area contributed by atoms with Crippen LogP contribution in [0.15, 0.2) is 23.4 Å². The molecule has 1 aromatic rings. The van der Waals surface area contributed by atoms with Gasteiger partial charge in [-0.1, -0.05) is 17.3 Å². The first-order valence-corrected chi connectivity index (χ1v) is 4.43. The highest BCUT2D eigenvalue weighted by Gasteiger charge is 2.15. The van der Waals surface area contributed by atoms with Gasteiger partial charge in [-0.2, -0.15) is 4.91 Å². The van der Waals surface area contributed by atoms with E-state index in [-0.39, 0.29) is 6.54 Å². The third-order valence-corrected chi connectivity index (χ3v) is 2.52. The fourth-order valence-electron chi connectivity index (χ4n) is 1.79. The summed E-state index contributed by atoms with van der Waals surface area (Å²) in [6, 6.07) is 6.13. The predicted octanol–water partition coefficient (Wildman–Crippen LogP) is 1.95. The van der Waals surface area contributed by atoms with Gasteiger partial charge in [-0.3, -0.25) is 0 Å². The fraction of sp³-hybridized carbons (Fsp3) is 0.400. The second-order valence-corrected chi connectivity index (χ2v) is 3.42. The molecule has 0 unspecified atom stereocenters. The molecule has 13 heavy (non-hydrogen) atoms. The molecule has 0 fully saturated rings. The smallest absolute Gasteiger partial charge is 0.106 e. The second kappa shape index (κ2) is 3.17. The average Bonchev–Trinajstić information content (AvgIpc) is 2.48. The van der Waals surface area contributed by atoms with Crippen LogP contribution in [0.2, 0.25) is 0 Å². The van der Waals surface area contributed by atoms with E-state index in [2.05, 4.69) is 29.3 Å². The zero-order chi connectivity index (χ0) is 9.26. The molecule has 0 saturated carbocycles. The Labute approximate surface area is 77.3 Å². The van der Waals surface area contributed by atoms with E-state index in [9.17, 15) is 4.91 Å². The van der Waals surface area contributed by atoms with Gasteiger partial charge in [0.25, 0.3) is 0 Å². The summed E-state index contributed by atoms with van der Waals surface area (Å²) < 4.78 is 0. The number of fused-ring (bicyclic) bond motifs is 1. The zero-order valence-electron chi connectivity index (χ0n) is 7.66. The van der Waals surface area contributed by atoms with Crippen molar-refractivity contribution in [3.05, 3.63) is 34.2 Å². The van der Waals surface area contributed by atoms with Crippen LogP contribution in [-0.4, -0.2) is 13.6 Å². The van der Waals surface area contributed by atoms with Crippen molar-refractivity contribution in [2.24, 2.45) is 5.18 Å². The van der Waals surface area contributed by atoms with Crippen LogP contribution in [0.4, 0.5) is 5.69 Å². The Bertz CT molecular complexity index is 336. The Hall–Kier alpha value is -1.38. The number of rotatable bonds is 2. The number of hydrogen-bond acceptors (Lipinski definition) is 3. The van der Waals surface area contributed by atoms with E-state index in [1.54, 1.807) is 0 Å². The van der Waals surface area contributed by atoms with Crippen molar-refractivity contribution in [2.75, 3.05) is 18.5 Å². The minimum absolute atomic E-state index is 0.289. The molecule has 0 saturated heterocycles. The molecule has 0 spiro atoms. The first-order chi connectivity index (χ1) is 6.31. The summed E-state index contributed by atoms with van der Waals surface area (Å²) in [6.45, 7) is 1.37. The van der Waals surface area contributed by atoms with Gasteiger partial charge >= 0.3 is 0 Å². The molecule has 68 valence electrons. The highest BCUT2D eigenvalue weighted by molar-refractivity contribution is 5.58. The second-order valence-electron chi connectivity index (χ2n) is 3.42. The number of hydrogen-bond donors (Lipinski definition) is 0. The summed E-state index contributed by atoms with van der Waals surface area (Å²) in [4.78, 5) is 12.3. The molecule has 1 aromatic carbocycles. The van der Waals surface area contributed by atoms with Gasteiger partial charge in [0.15, 0.2) is 0 Å². The molecule has 2 rings (SSSR count). The van der Waals surface area contributed by atoms with Crippen LogP contribution in [0.1, 0.15) is 11.1 Å². The first-order valence-electron chi connectivity index (χ1n) is 4.43. The number of anilines is 1. The fourth-order valence-corrected chi connectivity index (χ4v) is 1.79. The molecular formula is C10H12N2O. The summed E-state index contributed by atoms with van der Waals surface area (Å²) in [7, 11) is 2.09. The Balaban J connectivity index is 2.33. The lowest BCUT2D eigenvalue weighted by Gasteiger charge is -2.11. The van der Waals surface area contributed by atoms with E-state index in [0.29, 0.717) is 0 Å². The van der Waals surface area contributed by atoms with Crippen LogP contribution < -0.4 is 4.90 Å². The summed E-state index contributed by atoms with van der Waals surface area (Å²) >= 11 is 0. The summed E-state index contributed by atoms with van der Waals surface area (Å²) in [5.41, 5.74) is 3.64. The van der Waals surface area contributed by atoms with Gasteiger partial charge in [-0.25, -0.2) is 0 Å². The molecule has 1 aliphatic heterocycles. The number of benzene rings is 1. The van der Waals surface area contributed by atoms with Crippen LogP contribution in [-0.2, 0) is 13.0 Å². The normalized spacial score (nSPS) is 14.4. The first kappa shape index (κ1) is 8.23. The van der Waals surface area contributed by atoms with Crippen LogP contribution in [0.5, 0.6) is 0 Å². The topological polar surface area (TPSA) is 32.7 Å². The Morgan fingerprint density at radius 1 is 1.54 bits per heavy atom. The molecule has 3 nitrogen and oxygen atoms in total. The molecule has 0 N–H and O–H groups in total. The molecule has 1 heterocycles. The van der Waals surface area contributed by atoms with Gasteiger partial charge in [0.2, 0.25) is 0 Å². The van der Waals surface area contributed by atoms with Crippen molar-refractivity contribution in [1.29, 1.82) is 0 Å². The maximum atomic E-state index is 10.1. The lowest BCUT2D eigenvalue weighted by molar-refractivity contribution is 0.955. The Morgan fingerprint density at radius 3 is 3.15 bits per heavy atom. The van der Waals surface area contributed by atoms with Crippen molar-refractivity contribution in [2.45, 2.75) is 13.0 Å². The quantitative estimate of drug-likeness (QED) is 0.645. The third-order valence-electron chi connectivity index (χ3n) is 2.52. The van der Waals surface area contributed by atoms with Gasteiger partial charge in [-0.15, -0.1) is 0 Å². The number of nitrogens with zero attached hydrogens (tertiary/aromatic N) is 2. The van der Waals surface area contributed by atoms with E-state index < -0.39 is 0 Å². The van der Waals surface area contributed by atoms with Gasteiger partial charge in [0.1, 0.15) is 6.54 Å². The molecule has 0 radical (unpaired) electrons. The van der Waals surface area contributed by atoms with Gasteiger partial charge in [0.05, 0.1) is 0 Å². The molecule has 0 atom stereocenters. The minimum Gasteiger partial charge on any atom is -0.374 e. The van der Waals surface area contributed by atoms with Crippen molar-refractivity contribution < 1.29 is 0 Å². The molecule has 0 bridgehead atoms. The van der Waals surface area contributed by atoms with Crippen molar-refractivity contribution >= 4 is 5.69 Å². The van der Waals surface area contributed by atoms with Crippen LogP contribution in [0.3, 0.4) is 0 Å². The summed E-state index contributed by atoms with van der Waals surface area (Å²) in [5.74, 6) is 0. The van der Waals surface area contributed by atoms with E-state index in [1.165, 1.54) is 11.3 Å². The highest BCUT2D eigenvalue weighted by Crippen LogP contribution is 2.27. The molecule has 3 heteroatoms. The van der Waals surface area contributed by atoms with E-state index in [1.807, 2.05) is 6.07 Å². The van der Waals surface area contributed by atoms with Gasteiger partial charge in [-0.05, 0) is 23.6 Å². The van der Waals surface area contributed by atoms with Crippen molar-refractivity contribution in [1.82, 2.24) is 0 Å². The van der Waals surface area contributed by atoms with E-state index in [4.69, 9.17) is 0 Å². The maximum Gasteiger partial charge on any atom is 0.106 e. The summed E-state index contributed by atoms with van der Waals surface area (Å²) in [6.07, 6.45) is 1.08. The summed E-state index contributed by atoms with van der Waals surface area (Å²) in [5, 5.41) is 2.89. The van der Waals surface area contributed by atoms with Gasteiger partial charge < -0.3 is 4.90 Å². The molecule has 0 aliphatic carbocycles. The van der Waals surface area contributed by atoms with Gasteiger partial charge in [0, 0.05) is 19.3 Å². The lowest BCUT2D eigenvalue weighted by Crippen LogP contribution is -2.12. The minimum atomic E-state index is 0.289. The molecule has 1 aliphatic rings. The molecule has 0 amide bonds. The highest BCUT2D eigenvalue weighted by atomic mass is 16.3. The Kier molecular flexibility index (Phi) is 2.00. The SMILES string of the molecule is CN1CCc2cc(CN=O)ccc21. The monoisotopic (exact) mass is 176 g/mol. The molecular weight excluding hydrogens is 164 g/mol. The Morgan fingerprint density at radius 2 is 2.38 bits per heavy atom. The maximum absolute atomic E-state index is 10.1. The van der Waals surface area contributed by atoms with E-state index in [0.717, 1.165) is 18.5 Å². The zero-order valence-corrected chi connectivity index (χ0v) is 7.66. The van der Waals surface area contributed by atoms with Crippen LogP contribution in [0.25, 0.3) is 0 Å². The third kappa shape index (κ3) is 1.41. The number of likely N-dealkylation sites (N-methyl/N-ethyl adjacent to an activating group) is 1.